The van der Waals surface area contributed by atoms with E-state index in [2.05, 4.69) is 15.0 Å². The van der Waals surface area contributed by atoms with Gasteiger partial charge in [-0.05, 0) is 43.6 Å². The van der Waals surface area contributed by atoms with Gasteiger partial charge in [0.15, 0.2) is 11.0 Å². The molecular weight excluding hydrogens is 398 g/mol. The summed E-state index contributed by atoms with van der Waals surface area (Å²) in [5, 5.41) is 5.31. The number of amides is 1. The highest BCUT2D eigenvalue weighted by Gasteiger charge is 2.43. The van der Waals surface area contributed by atoms with Crippen LogP contribution in [0.2, 0.25) is 5.02 Å². The van der Waals surface area contributed by atoms with E-state index in [9.17, 15) is 9.59 Å². The van der Waals surface area contributed by atoms with E-state index in [0.29, 0.717) is 48.4 Å². The number of aromatic nitrogens is 3. The molecule has 7 nitrogen and oxygen atoms in total. The number of rotatable bonds is 5. The molecule has 1 fully saturated rings. The molecule has 148 valence electrons. The van der Waals surface area contributed by atoms with Crippen molar-refractivity contribution in [2.24, 2.45) is 11.7 Å². The fourth-order valence-electron chi connectivity index (χ4n) is 3.89. The summed E-state index contributed by atoms with van der Waals surface area (Å²) >= 11 is 7.53. The maximum absolute atomic E-state index is 13.1. The Balaban J connectivity index is 1.63. The van der Waals surface area contributed by atoms with Gasteiger partial charge < -0.3 is 5.73 Å². The van der Waals surface area contributed by atoms with Gasteiger partial charge in [0.05, 0.1) is 6.04 Å². The standard InChI is InChI=1S/C19H22ClN5O2S/c1-2-14-22-19-25(23-14)18(27)16(28-19)15(11-3-5-13(20)6-4-11)24-9-7-12(8-10-24)17(21)26/h3-6,12,15-16H,2,7-10H2,1H3,(H2,21,26). The maximum Gasteiger partial charge on any atom is 0.264 e. The van der Waals surface area contributed by atoms with Crippen molar-refractivity contribution in [2.45, 2.75) is 42.6 Å². The van der Waals surface area contributed by atoms with Crippen molar-refractivity contribution >= 4 is 35.2 Å². The number of nitrogens with zero attached hydrogens (tertiary/aromatic N) is 4. The summed E-state index contributed by atoms with van der Waals surface area (Å²) in [5.74, 6) is 0.285. The molecule has 0 bridgehead atoms. The fourth-order valence-corrected chi connectivity index (χ4v) is 5.29. The van der Waals surface area contributed by atoms with Crippen LogP contribution in [0.3, 0.4) is 0 Å². The minimum Gasteiger partial charge on any atom is -0.369 e. The van der Waals surface area contributed by atoms with E-state index < -0.39 is 0 Å². The molecule has 0 aliphatic carbocycles. The van der Waals surface area contributed by atoms with Crippen molar-refractivity contribution in [3.63, 3.8) is 0 Å². The molecule has 0 spiro atoms. The van der Waals surface area contributed by atoms with Gasteiger partial charge in [-0.15, -0.1) is 5.10 Å². The van der Waals surface area contributed by atoms with Crippen LogP contribution in [0.4, 0.5) is 0 Å². The van der Waals surface area contributed by atoms with Gasteiger partial charge in [-0.3, -0.25) is 14.5 Å². The molecule has 1 aromatic heterocycles. The number of hydrogen-bond acceptors (Lipinski definition) is 6. The summed E-state index contributed by atoms with van der Waals surface area (Å²) < 4.78 is 1.44. The van der Waals surface area contributed by atoms with Crippen molar-refractivity contribution in [1.29, 1.82) is 0 Å². The van der Waals surface area contributed by atoms with Gasteiger partial charge in [0.2, 0.25) is 5.91 Å². The zero-order valence-electron chi connectivity index (χ0n) is 15.5. The third-order valence-corrected chi connectivity index (χ3v) is 6.89. The number of carbonyl (C=O) groups excluding carboxylic acids is 2. The van der Waals surface area contributed by atoms with E-state index in [-0.39, 0.29) is 29.0 Å². The minimum absolute atomic E-state index is 0.0517. The van der Waals surface area contributed by atoms with E-state index in [1.807, 2.05) is 31.2 Å². The third-order valence-electron chi connectivity index (χ3n) is 5.45. The van der Waals surface area contributed by atoms with Crippen LogP contribution >= 0.6 is 23.4 Å². The van der Waals surface area contributed by atoms with Crippen molar-refractivity contribution in [2.75, 3.05) is 13.1 Å². The summed E-state index contributed by atoms with van der Waals surface area (Å²) in [6, 6.07) is 7.48. The molecule has 0 saturated carbocycles. The lowest BCUT2D eigenvalue weighted by Crippen LogP contribution is -2.45. The van der Waals surface area contributed by atoms with E-state index in [0.717, 1.165) is 5.56 Å². The molecule has 2 unspecified atom stereocenters. The molecule has 28 heavy (non-hydrogen) atoms. The zero-order valence-corrected chi connectivity index (χ0v) is 17.1. The number of nitrogens with two attached hydrogens (primary N) is 1. The van der Waals surface area contributed by atoms with Crippen molar-refractivity contribution in [3.8, 4) is 0 Å². The first-order valence-corrected chi connectivity index (χ1v) is 10.7. The van der Waals surface area contributed by atoms with Crippen LogP contribution in [0.25, 0.3) is 0 Å². The second kappa shape index (κ2) is 7.85. The smallest absolute Gasteiger partial charge is 0.264 e. The van der Waals surface area contributed by atoms with Gasteiger partial charge in [0.1, 0.15) is 5.25 Å². The molecule has 2 atom stereocenters. The van der Waals surface area contributed by atoms with Gasteiger partial charge >= 0.3 is 0 Å². The van der Waals surface area contributed by atoms with Crippen molar-refractivity contribution < 1.29 is 9.59 Å². The number of aryl methyl sites for hydroxylation is 1. The average molecular weight is 420 g/mol. The predicted octanol–water partition coefficient (Wildman–Crippen LogP) is 2.55. The average Bonchev–Trinajstić information content (AvgIpc) is 3.23. The Kier molecular flexibility index (Phi) is 5.44. The number of hydrogen-bond donors (Lipinski definition) is 1. The summed E-state index contributed by atoms with van der Waals surface area (Å²) in [6.07, 6.45) is 2.10. The number of carbonyl (C=O) groups is 2. The number of fused-ring (bicyclic) bond motifs is 1. The number of halogens is 1. The Morgan fingerprint density at radius 2 is 2.00 bits per heavy atom. The minimum atomic E-state index is -0.341. The number of likely N-dealkylation sites (tertiary alicyclic amines) is 1. The van der Waals surface area contributed by atoms with Crippen molar-refractivity contribution in [1.82, 2.24) is 19.7 Å². The van der Waals surface area contributed by atoms with Crippen LogP contribution in [-0.2, 0) is 11.2 Å². The summed E-state index contributed by atoms with van der Waals surface area (Å²) in [7, 11) is 0. The van der Waals surface area contributed by atoms with Crippen LogP contribution in [-0.4, -0.2) is 49.8 Å². The lowest BCUT2D eigenvalue weighted by molar-refractivity contribution is -0.123. The quantitative estimate of drug-likeness (QED) is 0.800. The molecule has 1 saturated heterocycles. The second-order valence-electron chi connectivity index (χ2n) is 7.16. The molecule has 2 aromatic rings. The van der Waals surface area contributed by atoms with Crippen molar-refractivity contribution in [3.05, 3.63) is 40.7 Å². The van der Waals surface area contributed by atoms with Crippen LogP contribution in [0.15, 0.2) is 29.4 Å². The molecular formula is C19H22ClN5O2S. The monoisotopic (exact) mass is 419 g/mol. The van der Waals surface area contributed by atoms with E-state index in [4.69, 9.17) is 17.3 Å². The molecule has 0 radical (unpaired) electrons. The van der Waals surface area contributed by atoms with Gasteiger partial charge in [-0.2, -0.15) is 4.68 Å². The summed E-state index contributed by atoms with van der Waals surface area (Å²) in [5.41, 5.74) is 6.50. The first-order chi connectivity index (χ1) is 13.5. The van der Waals surface area contributed by atoms with Gasteiger partial charge in [-0.25, -0.2) is 4.98 Å². The molecule has 3 heterocycles. The highest BCUT2D eigenvalue weighted by Crippen LogP contribution is 2.42. The third kappa shape index (κ3) is 3.56. The fraction of sp³-hybridized carbons (Fsp3) is 0.474. The largest absolute Gasteiger partial charge is 0.369 e. The normalized spacial score (nSPS) is 21.6. The maximum atomic E-state index is 13.1. The number of benzene rings is 1. The Morgan fingerprint density at radius 1 is 1.32 bits per heavy atom. The Labute approximate surface area is 172 Å². The lowest BCUT2D eigenvalue weighted by atomic mass is 9.92. The number of primary amides is 1. The number of piperidine rings is 1. The summed E-state index contributed by atoms with van der Waals surface area (Å²) in [4.78, 5) is 31.4. The van der Waals surface area contributed by atoms with Gasteiger partial charge in [0.25, 0.3) is 5.91 Å². The Morgan fingerprint density at radius 3 is 2.57 bits per heavy atom. The topological polar surface area (TPSA) is 94.1 Å². The second-order valence-corrected chi connectivity index (χ2v) is 8.71. The molecule has 2 aliphatic rings. The molecule has 2 aliphatic heterocycles. The highest BCUT2D eigenvalue weighted by molar-refractivity contribution is 8.00. The highest BCUT2D eigenvalue weighted by atomic mass is 35.5. The van der Waals surface area contributed by atoms with Crippen LogP contribution in [0.1, 0.15) is 42.0 Å². The van der Waals surface area contributed by atoms with E-state index >= 15 is 0 Å². The lowest BCUT2D eigenvalue weighted by Gasteiger charge is -2.38. The van der Waals surface area contributed by atoms with E-state index in [1.54, 1.807) is 0 Å². The van der Waals surface area contributed by atoms with Gasteiger partial charge in [-0.1, -0.05) is 42.4 Å². The SMILES string of the molecule is CCc1nc2n(n1)C(=O)C(C(c1ccc(Cl)cc1)N1CCC(C(N)=O)CC1)S2. The Hall–Kier alpha value is -1.90. The predicted molar refractivity (Wildman–Crippen MR) is 107 cm³/mol. The molecule has 9 heteroatoms. The molecule has 1 aromatic carbocycles. The van der Waals surface area contributed by atoms with Crippen LogP contribution < -0.4 is 5.73 Å². The van der Waals surface area contributed by atoms with E-state index in [1.165, 1.54) is 16.4 Å². The molecule has 4 rings (SSSR count). The zero-order chi connectivity index (χ0) is 19.8. The van der Waals surface area contributed by atoms with Crippen LogP contribution in [0.5, 0.6) is 0 Å². The Bertz CT molecular complexity index is 892. The van der Waals surface area contributed by atoms with Gasteiger partial charge in [0, 0.05) is 17.4 Å². The first kappa shape index (κ1) is 19.4. The molecule has 1 amide bonds. The molecule has 2 N–H and O–H groups in total. The first-order valence-electron chi connectivity index (χ1n) is 9.43. The number of thioether (sulfide) groups is 1. The summed E-state index contributed by atoms with van der Waals surface area (Å²) in [6.45, 7) is 3.39. The van der Waals surface area contributed by atoms with Crippen LogP contribution in [0, 0.1) is 5.92 Å².